The van der Waals surface area contributed by atoms with E-state index in [9.17, 15) is 33.6 Å². The Labute approximate surface area is 307 Å². The molecule has 53 heavy (non-hydrogen) atoms. The quantitative estimate of drug-likeness (QED) is 0.118. The van der Waals surface area contributed by atoms with Gasteiger partial charge in [0.25, 0.3) is 0 Å². The van der Waals surface area contributed by atoms with Crippen molar-refractivity contribution in [2.75, 3.05) is 13.1 Å². The molecule has 1 aromatic heterocycles. The highest BCUT2D eigenvalue weighted by atomic mass is 16.7. The van der Waals surface area contributed by atoms with Crippen molar-refractivity contribution in [3.05, 3.63) is 48.0 Å². The third-order valence-corrected chi connectivity index (χ3v) is 7.61. The number of H-pyrrole nitrogens is 1. The van der Waals surface area contributed by atoms with Crippen LogP contribution in [-0.2, 0) is 46.3 Å². The largest absolute Gasteiger partial charge is 0.514 e. The Hall–Kier alpha value is -5.68. The zero-order valence-electron chi connectivity index (χ0n) is 31.1. The third kappa shape index (κ3) is 14.1. The van der Waals surface area contributed by atoms with Crippen molar-refractivity contribution in [1.29, 1.82) is 0 Å². The molecule has 1 fully saturated rings. The Kier molecular flexibility index (Phi) is 14.3. The van der Waals surface area contributed by atoms with Crippen LogP contribution in [0.25, 0.3) is 0 Å². The van der Waals surface area contributed by atoms with Crippen LogP contribution in [-0.4, -0.2) is 105 Å². The Morgan fingerprint density at radius 3 is 2.15 bits per heavy atom. The molecule has 1 aliphatic rings. The number of aromatic amines is 1. The van der Waals surface area contributed by atoms with Crippen LogP contribution < -0.4 is 31.7 Å². The Morgan fingerprint density at radius 2 is 1.57 bits per heavy atom. The zero-order valence-corrected chi connectivity index (χ0v) is 31.1. The SMILES string of the molecule is C[C@H](NC(=O)C(Cc1ccc(OC(=O)OC(C)(C)C)cc1)NC(=O)OC(C)(C)C)C(=O)NCC(=O)NC(Cc1cnc[nH]1)C(=O)N1CCCC1C(N)=O. The number of amides is 6. The molecule has 2 heterocycles. The summed E-state index contributed by atoms with van der Waals surface area (Å²) in [4.78, 5) is 97.5. The fourth-order valence-electron chi connectivity index (χ4n) is 5.24. The molecule has 6 amide bonds. The summed E-state index contributed by atoms with van der Waals surface area (Å²) in [5.74, 6) is -3.10. The predicted octanol–water partition coefficient (Wildman–Crippen LogP) is 0.984. The topological polar surface area (TPSA) is 253 Å². The first-order chi connectivity index (χ1) is 24.7. The number of imidazole rings is 1. The van der Waals surface area contributed by atoms with Crippen LogP contribution in [0.5, 0.6) is 5.75 Å². The fraction of sp³-hybridized carbons (Fsp3) is 0.543. The number of ether oxygens (including phenoxy) is 3. The second-order valence-electron chi connectivity index (χ2n) is 14.6. The number of carbonyl (C=O) groups is 7. The molecule has 1 aromatic carbocycles. The maximum atomic E-state index is 13.4. The summed E-state index contributed by atoms with van der Waals surface area (Å²) in [6.07, 6.45) is 2.16. The maximum absolute atomic E-state index is 13.4. The number of hydrogen-bond acceptors (Lipinski definition) is 11. The van der Waals surface area contributed by atoms with Gasteiger partial charge in [-0.15, -0.1) is 0 Å². The van der Waals surface area contributed by atoms with Gasteiger partial charge >= 0.3 is 12.2 Å². The van der Waals surface area contributed by atoms with Crippen molar-refractivity contribution in [3.8, 4) is 5.75 Å². The first-order valence-corrected chi connectivity index (χ1v) is 17.1. The van der Waals surface area contributed by atoms with E-state index in [2.05, 4.69) is 31.2 Å². The molecule has 7 N–H and O–H groups in total. The molecule has 2 aromatic rings. The van der Waals surface area contributed by atoms with Gasteiger partial charge < -0.3 is 51.1 Å². The lowest BCUT2D eigenvalue weighted by Crippen LogP contribution is -2.56. The minimum atomic E-state index is -1.20. The van der Waals surface area contributed by atoms with E-state index in [1.165, 1.54) is 36.5 Å². The number of aromatic nitrogens is 2. The fourth-order valence-corrected chi connectivity index (χ4v) is 5.24. The lowest BCUT2D eigenvalue weighted by molar-refractivity contribution is -0.140. The molecule has 4 atom stereocenters. The average molecular weight is 743 g/mol. The summed E-state index contributed by atoms with van der Waals surface area (Å²) in [5, 5.41) is 10.1. The number of rotatable bonds is 14. The maximum Gasteiger partial charge on any atom is 0.514 e. The second-order valence-corrected chi connectivity index (χ2v) is 14.6. The van der Waals surface area contributed by atoms with Gasteiger partial charge in [0.15, 0.2) is 0 Å². The molecule has 0 saturated carbocycles. The van der Waals surface area contributed by atoms with Crippen LogP contribution in [0.2, 0.25) is 0 Å². The summed E-state index contributed by atoms with van der Waals surface area (Å²) in [6, 6.07) is 1.93. The van der Waals surface area contributed by atoms with Crippen molar-refractivity contribution in [2.24, 2.45) is 5.73 Å². The van der Waals surface area contributed by atoms with E-state index in [0.717, 1.165) is 0 Å². The van der Waals surface area contributed by atoms with Crippen LogP contribution in [0.3, 0.4) is 0 Å². The highest BCUT2D eigenvalue weighted by Gasteiger charge is 2.37. The third-order valence-electron chi connectivity index (χ3n) is 7.61. The first kappa shape index (κ1) is 41.7. The van der Waals surface area contributed by atoms with Crippen molar-refractivity contribution >= 4 is 41.8 Å². The van der Waals surface area contributed by atoms with Gasteiger partial charge in [-0.2, -0.15) is 0 Å². The molecule has 18 heteroatoms. The van der Waals surface area contributed by atoms with Crippen molar-refractivity contribution < 1.29 is 47.8 Å². The molecule has 3 unspecified atom stereocenters. The van der Waals surface area contributed by atoms with E-state index < -0.39 is 83.7 Å². The van der Waals surface area contributed by atoms with Gasteiger partial charge in [0.2, 0.25) is 29.5 Å². The van der Waals surface area contributed by atoms with E-state index in [4.69, 9.17) is 19.9 Å². The molecule has 0 spiro atoms. The number of alkyl carbamates (subject to hydrolysis) is 1. The smallest absolute Gasteiger partial charge is 0.444 e. The standard InChI is InChI=1S/C35H50N8O10/c1-20(29(46)38-18-27(44)41-25(16-22-17-37-19-39-22)31(48)43-14-8-9-26(43)28(36)45)40-30(47)24(42-32(49)52-34(2,3)4)15-21-10-12-23(13-11-21)51-33(50)53-35(5,6)7/h10-13,17,19-20,24-26H,8-9,14-16,18H2,1-7H3,(H2,36,45)(H,37,39)(H,38,46)(H,40,47)(H,41,44)(H,42,49)/t20-,24?,25?,26?/m0/s1. The van der Waals surface area contributed by atoms with Gasteiger partial charge in [-0.3, -0.25) is 24.0 Å². The van der Waals surface area contributed by atoms with Crippen LogP contribution in [0.4, 0.5) is 9.59 Å². The molecular formula is C35H50N8O10. The van der Waals surface area contributed by atoms with E-state index in [-0.39, 0.29) is 18.6 Å². The molecule has 0 bridgehead atoms. The van der Waals surface area contributed by atoms with Crippen LogP contribution in [0, 0.1) is 0 Å². The Morgan fingerprint density at radius 1 is 0.906 bits per heavy atom. The lowest BCUT2D eigenvalue weighted by atomic mass is 10.0. The number of primary amides is 1. The highest BCUT2D eigenvalue weighted by molar-refractivity contribution is 5.95. The number of carbonyl (C=O) groups excluding carboxylic acids is 7. The highest BCUT2D eigenvalue weighted by Crippen LogP contribution is 2.19. The number of hydrogen-bond donors (Lipinski definition) is 6. The van der Waals surface area contributed by atoms with Gasteiger partial charge in [0, 0.05) is 31.3 Å². The van der Waals surface area contributed by atoms with Crippen molar-refractivity contribution in [3.63, 3.8) is 0 Å². The summed E-state index contributed by atoms with van der Waals surface area (Å²) in [5.41, 5.74) is 5.00. The summed E-state index contributed by atoms with van der Waals surface area (Å²) >= 11 is 0. The number of likely N-dealkylation sites (tertiary alicyclic amines) is 1. The van der Waals surface area contributed by atoms with Crippen LogP contribution >= 0.6 is 0 Å². The van der Waals surface area contributed by atoms with E-state index in [1.807, 2.05) is 0 Å². The van der Waals surface area contributed by atoms with Gasteiger partial charge in [-0.05, 0) is 79.0 Å². The van der Waals surface area contributed by atoms with Gasteiger partial charge in [-0.25, -0.2) is 14.6 Å². The first-order valence-electron chi connectivity index (χ1n) is 17.1. The second kappa shape index (κ2) is 18.2. The minimum absolute atomic E-state index is 0.0338. The summed E-state index contributed by atoms with van der Waals surface area (Å²) in [7, 11) is 0. The minimum Gasteiger partial charge on any atom is -0.444 e. The van der Waals surface area contributed by atoms with Gasteiger partial charge in [-0.1, -0.05) is 12.1 Å². The molecule has 1 saturated heterocycles. The predicted molar refractivity (Wildman–Crippen MR) is 189 cm³/mol. The Bertz CT molecular complexity index is 1620. The number of nitrogens with zero attached hydrogens (tertiary/aromatic N) is 2. The molecule has 290 valence electrons. The lowest BCUT2D eigenvalue weighted by Gasteiger charge is -2.27. The molecule has 0 aliphatic carbocycles. The van der Waals surface area contributed by atoms with Crippen LogP contribution in [0.15, 0.2) is 36.8 Å². The zero-order chi connectivity index (χ0) is 39.5. The molecule has 0 radical (unpaired) electrons. The normalized spacial score (nSPS) is 16.0. The van der Waals surface area contributed by atoms with Crippen molar-refractivity contribution in [1.82, 2.24) is 36.1 Å². The van der Waals surface area contributed by atoms with Gasteiger partial charge in [0.1, 0.15) is 41.1 Å². The van der Waals surface area contributed by atoms with E-state index in [1.54, 1.807) is 53.7 Å². The number of nitrogens with two attached hydrogens (primary N) is 1. The van der Waals surface area contributed by atoms with Crippen LogP contribution in [0.1, 0.15) is 72.6 Å². The van der Waals surface area contributed by atoms with E-state index in [0.29, 0.717) is 30.6 Å². The molecular weight excluding hydrogens is 692 g/mol. The number of benzene rings is 1. The summed E-state index contributed by atoms with van der Waals surface area (Å²) < 4.78 is 15.7. The Balaban J connectivity index is 1.63. The number of nitrogens with one attached hydrogen (secondary N) is 5. The average Bonchev–Trinajstić information content (AvgIpc) is 3.74. The molecule has 1 aliphatic heterocycles. The van der Waals surface area contributed by atoms with Gasteiger partial charge in [0.05, 0.1) is 12.9 Å². The monoisotopic (exact) mass is 742 g/mol. The van der Waals surface area contributed by atoms with Crippen molar-refractivity contribution in [2.45, 2.75) is 110 Å². The summed E-state index contributed by atoms with van der Waals surface area (Å²) in [6.45, 7) is 11.2. The molecule has 18 nitrogen and oxygen atoms in total. The van der Waals surface area contributed by atoms with E-state index >= 15 is 0 Å². The molecule has 3 rings (SSSR count).